The number of hydrogen-bond acceptors (Lipinski definition) is 2. The Kier molecular flexibility index (Phi) is 5.57. The van der Waals surface area contributed by atoms with E-state index in [4.69, 9.17) is 0 Å². The van der Waals surface area contributed by atoms with E-state index >= 15 is 0 Å². The molecule has 57 valence electrons. The van der Waals surface area contributed by atoms with Crippen LogP contribution in [0.15, 0.2) is 0 Å². The minimum Gasteiger partial charge on any atom is -0.355 e. The maximum absolute atomic E-state index is 10.6. The Bertz CT molecular complexity index is 127. The van der Waals surface area contributed by atoms with Gasteiger partial charge in [-0.25, -0.2) is 0 Å². The van der Waals surface area contributed by atoms with E-state index in [1.54, 1.807) is 13.2 Å². The van der Waals surface area contributed by atoms with Gasteiger partial charge in [0.15, 0.2) is 0 Å². The fraction of sp³-hybridized carbons (Fsp3) is 0.667. The average Bonchev–Trinajstić information content (AvgIpc) is 1.99. The Hall–Kier alpha value is -0.130. The average molecular weight is 254 g/mol. The van der Waals surface area contributed by atoms with E-state index in [9.17, 15) is 9.59 Å². The molecule has 0 aromatic rings. The van der Waals surface area contributed by atoms with E-state index in [2.05, 4.69) is 5.32 Å². The van der Waals surface area contributed by atoms with Gasteiger partial charge in [0.2, 0.25) is 12.2 Å². The summed E-state index contributed by atoms with van der Waals surface area (Å²) < 4.78 is -0.229. The van der Waals surface area contributed by atoms with Crippen molar-refractivity contribution in [3.8, 4) is 0 Å². The number of halogens is 1. The second-order valence-electron chi connectivity index (χ2n) is 1.74. The first-order valence-corrected chi connectivity index (χ1v) is 4.23. The minimum atomic E-state index is -0.229. The summed E-state index contributed by atoms with van der Waals surface area (Å²) in [6, 6.07) is 0. The molecule has 0 aromatic heterocycles. The van der Waals surface area contributed by atoms with Gasteiger partial charge < -0.3 is 5.32 Å². The number of hydrogen-bond donors (Lipinski definition) is 1. The molecule has 3 nitrogen and oxygen atoms in total. The Morgan fingerprint density at radius 2 is 2.40 bits per heavy atom. The molecule has 0 saturated heterocycles. The standard InChI is InChI=1S/C6H9INO2/c1-2-6(10)8-3-5(7)4-9/h5H,2-3H2,1H3,(H,8,10). The molecule has 1 radical (unpaired) electrons. The van der Waals surface area contributed by atoms with Crippen LogP contribution in [-0.2, 0) is 9.59 Å². The second-order valence-corrected chi connectivity index (χ2v) is 3.25. The zero-order valence-corrected chi connectivity index (χ0v) is 7.84. The zero-order chi connectivity index (χ0) is 7.98. The Labute approximate surface area is 73.7 Å². The van der Waals surface area contributed by atoms with Gasteiger partial charge in [0, 0.05) is 13.0 Å². The maximum Gasteiger partial charge on any atom is 0.219 e. The van der Waals surface area contributed by atoms with Gasteiger partial charge in [-0.15, -0.1) is 0 Å². The van der Waals surface area contributed by atoms with Gasteiger partial charge in [-0.1, -0.05) is 29.5 Å². The molecular formula is C6H9INO2. The number of rotatable bonds is 4. The molecule has 0 spiro atoms. The topological polar surface area (TPSA) is 46.2 Å². The van der Waals surface area contributed by atoms with Crippen molar-refractivity contribution in [2.75, 3.05) is 6.54 Å². The lowest BCUT2D eigenvalue weighted by atomic mass is 10.4. The Morgan fingerprint density at radius 1 is 1.80 bits per heavy atom. The number of carbonyl (C=O) groups excluding carboxylic acids is 2. The summed E-state index contributed by atoms with van der Waals surface area (Å²) >= 11 is 1.92. The summed E-state index contributed by atoms with van der Waals surface area (Å²) in [5.41, 5.74) is 0. The highest BCUT2D eigenvalue weighted by Gasteiger charge is 2.03. The molecule has 10 heavy (non-hydrogen) atoms. The van der Waals surface area contributed by atoms with Crippen molar-refractivity contribution >= 4 is 34.8 Å². The number of carbonyl (C=O) groups is 1. The number of nitrogens with one attached hydrogen (secondary N) is 1. The van der Waals surface area contributed by atoms with Gasteiger partial charge in [0.25, 0.3) is 0 Å². The summed E-state index contributed by atoms with van der Waals surface area (Å²) in [4.78, 5) is 20.5. The van der Waals surface area contributed by atoms with E-state index in [1.165, 1.54) is 0 Å². The highest BCUT2D eigenvalue weighted by Crippen LogP contribution is 1.92. The fourth-order valence-corrected chi connectivity index (χ4v) is 0.590. The van der Waals surface area contributed by atoms with Crippen molar-refractivity contribution in [2.45, 2.75) is 17.3 Å². The van der Waals surface area contributed by atoms with Crippen LogP contribution in [0.4, 0.5) is 0 Å². The first-order valence-electron chi connectivity index (χ1n) is 2.99. The van der Waals surface area contributed by atoms with Crippen LogP contribution in [0.5, 0.6) is 0 Å². The first kappa shape index (κ1) is 9.87. The van der Waals surface area contributed by atoms with Gasteiger partial charge in [0.05, 0.1) is 3.92 Å². The summed E-state index contributed by atoms with van der Waals surface area (Å²) in [6.07, 6.45) is 2.23. The molecule has 0 fully saturated rings. The zero-order valence-electron chi connectivity index (χ0n) is 5.69. The highest BCUT2D eigenvalue weighted by molar-refractivity contribution is 14.1. The van der Waals surface area contributed by atoms with E-state index in [-0.39, 0.29) is 9.83 Å². The Balaban J connectivity index is 3.34. The molecule has 0 saturated carbocycles. The lowest BCUT2D eigenvalue weighted by molar-refractivity contribution is -0.120. The number of alkyl halides is 1. The molecule has 0 heterocycles. The molecule has 0 rings (SSSR count). The van der Waals surface area contributed by atoms with E-state index in [1.807, 2.05) is 22.6 Å². The van der Waals surface area contributed by atoms with Gasteiger partial charge in [0.1, 0.15) is 0 Å². The molecule has 1 N–H and O–H groups in total. The minimum absolute atomic E-state index is 0.0306. The van der Waals surface area contributed by atoms with Crippen molar-refractivity contribution in [3.05, 3.63) is 0 Å². The van der Waals surface area contributed by atoms with Gasteiger partial charge in [-0.05, 0) is 0 Å². The number of amides is 1. The molecule has 1 atom stereocenters. The second kappa shape index (κ2) is 5.64. The summed E-state index contributed by atoms with van der Waals surface area (Å²) in [5.74, 6) is -0.0306. The van der Waals surface area contributed by atoms with Crippen LogP contribution in [0, 0.1) is 0 Å². The van der Waals surface area contributed by atoms with Crippen molar-refractivity contribution in [2.24, 2.45) is 0 Å². The summed E-state index contributed by atoms with van der Waals surface area (Å²) in [5, 5.41) is 2.57. The van der Waals surface area contributed by atoms with Crippen LogP contribution >= 0.6 is 22.6 Å². The largest absolute Gasteiger partial charge is 0.355 e. The molecule has 1 unspecified atom stereocenters. The molecule has 0 aliphatic heterocycles. The third-order valence-corrected chi connectivity index (χ3v) is 1.62. The van der Waals surface area contributed by atoms with Crippen LogP contribution in [-0.4, -0.2) is 22.7 Å². The van der Waals surface area contributed by atoms with Crippen LogP contribution in [0.3, 0.4) is 0 Å². The third kappa shape index (κ3) is 4.72. The van der Waals surface area contributed by atoms with Crippen LogP contribution in [0.2, 0.25) is 0 Å². The lowest BCUT2D eigenvalue weighted by Gasteiger charge is -2.01. The third-order valence-electron chi connectivity index (χ3n) is 0.927. The molecule has 0 aromatic carbocycles. The molecular weight excluding hydrogens is 245 g/mol. The molecule has 4 heteroatoms. The fourth-order valence-electron chi connectivity index (χ4n) is 0.370. The van der Waals surface area contributed by atoms with Crippen LogP contribution in [0.25, 0.3) is 0 Å². The van der Waals surface area contributed by atoms with Crippen LogP contribution < -0.4 is 5.32 Å². The molecule has 0 aliphatic rings. The molecule has 0 aliphatic carbocycles. The van der Waals surface area contributed by atoms with Gasteiger partial charge in [-0.2, -0.15) is 0 Å². The van der Waals surface area contributed by atoms with Crippen molar-refractivity contribution < 1.29 is 9.59 Å². The quantitative estimate of drug-likeness (QED) is 0.584. The van der Waals surface area contributed by atoms with Gasteiger partial charge >= 0.3 is 0 Å². The highest BCUT2D eigenvalue weighted by atomic mass is 127. The van der Waals surface area contributed by atoms with Gasteiger partial charge in [-0.3, -0.25) is 9.59 Å². The van der Waals surface area contributed by atoms with E-state index < -0.39 is 0 Å². The molecule has 0 bridgehead atoms. The monoisotopic (exact) mass is 254 g/mol. The molecule has 1 amide bonds. The smallest absolute Gasteiger partial charge is 0.219 e. The van der Waals surface area contributed by atoms with Crippen molar-refractivity contribution in [1.82, 2.24) is 5.32 Å². The van der Waals surface area contributed by atoms with E-state index in [0.29, 0.717) is 13.0 Å². The summed E-state index contributed by atoms with van der Waals surface area (Å²) in [6.45, 7) is 2.15. The first-order chi connectivity index (χ1) is 4.70. The Morgan fingerprint density at radius 3 is 2.80 bits per heavy atom. The SMILES string of the molecule is CCC(=O)NCC(I)[C]=O. The maximum atomic E-state index is 10.6. The van der Waals surface area contributed by atoms with E-state index in [0.717, 1.165) is 0 Å². The van der Waals surface area contributed by atoms with Crippen molar-refractivity contribution in [1.29, 1.82) is 0 Å². The normalized spacial score (nSPS) is 12.2. The lowest BCUT2D eigenvalue weighted by Crippen LogP contribution is -2.29. The summed E-state index contributed by atoms with van der Waals surface area (Å²) in [7, 11) is 0. The predicted molar refractivity (Wildman–Crippen MR) is 46.8 cm³/mol. The van der Waals surface area contributed by atoms with Crippen molar-refractivity contribution in [3.63, 3.8) is 0 Å². The van der Waals surface area contributed by atoms with Crippen LogP contribution in [0.1, 0.15) is 13.3 Å². The predicted octanol–water partition coefficient (Wildman–Crippen LogP) is 0.426.